The number of nitrogens with zero attached hydrogens (tertiary/aromatic N) is 1. The summed E-state index contributed by atoms with van der Waals surface area (Å²) >= 11 is 0. The number of hydrogen-bond acceptors (Lipinski definition) is 1. The quantitative estimate of drug-likeness (QED) is 0.415. The van der Waals surface area contributed by atoms with Crippen molar-refractivity contribution in [3.05, 3.63) is 84.7 Å². The van der Waals surface area contributed by atoms with Gasteiger partial charge in [0.05, 0.1) is 0 Å². The van der Waals surface area contributed by atoms with Gasteiger partial charge in [-0.15, -0.1) is 53.2 Å². The second-order valence-corrected chi connectivity index (χ2v) is 5.55. The van der Waals surface area contributed by atoms with E-state index in [4.69, 9.17) is 0 Å². The number of hydrogen-bond donors (Lipinski definition) is 0. The van der Waals surface area contributed by atoms with Crippen LogP contribution in [0.15, 0.2) is 73.4 Å². The van der Waals surface area contributed by atoms with Gasteiger partial charge in [-0.2, -0.15) is 0 Å². The molecule has 0 aliphatic rings. The molecule has 0 N–H and O–H groups in total. The van der Waals surface area contributed by atoms with Crippen LogP contribution in [0.2, 0.25) is 0 Å². The van der Waals surface area contributed by atoms with Gasteiger partial charge < -0.3 is 24.8 Å². The molecule has 0 saturated heterocycles. The molecule has 1 heterocycles. The molecule has 2 aromatic carbocycles. The van der Waals surface area contributed by atoms with E-state index >= 15 is 0 Å². The average Bonchev–Trinajstić information content (AvgIpc) is 2.97. The summed E-state index contributed by atoms with van der Waals surface area (Å²) in [6.07, 6.45) is 4.82. The molecule has 125 valence electrons. The summed E-state index contributed by atoms with van der Waals surface area (Å²) in [5.41, 5.74) is 2.55. The van der Waals surface area contributed by atoms with Crippen molar-refractivity contribution in [3.63, 3.8) is 0 Å². The van der Waals surface area contributed by atoms with Crippen LogP contribution in [-0.2, 0) is 17.4 Å². The molecule has 1 nitrogen and oxygen atoms in total. The Morgan fingerprint density at radius 3 is 2.50 bits per heavy atom. The molecule has 0 saturated carbocycles. The molecule has 0 fully saturated rings. The second-order valence-electron chi connectivity index (χ2n) is 5.55. The molecule has 0 amide bonds. The molecule has 24 heavy (non-hydrogen) atoms. The molecule has 2 atom stereocenters. The smallest absolute Gasteiger partial charge is 1.00 e. The minimum atomic E-state index is 0. The van der Waals surface area contributed by atoms with E-state index in [1.165, 1.54) is 16.3 Å². The molecule has 2 unspecified atom stereocenters. The maximum Gasteiger partial charge on any atom is 3.00 e. The SMILES string of the molecule is C=CCC(c1ccccn1)C(C)c1c[cH-]c2ccccc12.[Cl-].[Cl-].[Cr+3]. The van der Waals surface area contributed by atoms with Crippen LogP contribution in [-0.4, -0.2) is 4.98 Å². The first kappa shape index (κ1) is 22.8. The Bertz CT molecular complexity index is 739. The van der Waals surface area contributed by atoms with Crippen LogP contribution in [0.3, 0.4) is 0 Å². The molecular formula is C20H20Cl2CrN. The van der Waals surface area contributed by atoms with Crippen molar-refractivity contribution in [3.8, 4) is 0 Å². The van der Waals surface area contributed by atoms with Gasteiger partial charge in [0.1, 0.15) is 0 Å². The molecule has 3 aromatic rings. The van der Waals surface area contributed by atoms with Crippen molar-refractivity contribution in [1.29, 1.82) is 0 Å². The first-order chi connectivity index (χ1) is 10.3. The number of benzene rings is 1. The maximum atomic E-state index is 4.56. The summed E-state index contributed by atoms with van der Waals surface area (Å²) in [4.78, 5) is 4.56. The standard InChI is InChI=1S/C20H20N.2ClH.Cr/c1-3-8-18(20-11-6-7-14-21-20)15(2)17-13-12-16-9-4-5-10-19(16)17;;;/h3-7,9-15,18H,1,8H2,2H3;2*1H;/q-1;;;+3/p-2. The summed E-state index contributed by atoms with van der Waals surface area (Å²) < 4.78 is 0. The van der Waals surface area contributed by atoms with E-state index in [9.17, 15) is 0 Å². The zero-order chi connectivity index (χ0) is 14.7. The summed E-state index contributed by atoms with van der Waals surface area (Å²) in [6.45, 7) is 6.22. The molecule has 3 rings (SSSR count). The number of aromatic nitrogens is 1. The van der Waals surface area contributed by atoms with Crippen molar-refractivity contribution in [2.75, 3.05) is 0 Å². The van der Waals surface area contributed by atoms with Crippen molar-refractivity contribution in [2.24, 2.45) is 0 Å². The summed E-state index contributed by atoms with van der Waals surface area (Å²) in [6, 6.07) is 19.2. The predicted octanol–water partition coefficient (Wildman–Crippen LogP) is -0.577. The monoisotopic (exact) mass is 396 g/mol. The van der Waals surface area contributed by atoms with E-state index in [1.807, 2.05) is 18.3 Å². The zero-order valence-electron chi connectivity index (χ0n) is 13.5. The molecule has 1 aromatic heterocycles. The Hall–Kier alpha value is -1.17. The molecule has 4 heteroatoms. The van der Waals surface area contributed by atoms with Gasteiger partial charge in [-0.1, -0.05) is 31.1 Å². The average molecular weight is 397 g/mol. The first-order valence-electron chi connectivity index (χ1n) is 7.47. The second kappa shape index (κ2) is 10.6. The fourth-order valence-corrected chi connectivity index (χ4v) is 3.14. The van der Waals surface area contributed by atoms with Crippen LogP contribution < -0.4 is 24.8 Å². The fraction of sp³-hybridized carbons (Fsp3) is 0.200. The summed E-state index contributed by atoms with van der Waals surface area (Å²) in [5.74, 6) is 0.785. The molecule has 0 bridgehead atoms. The third-order valence-electron chi connectivity index (χ3n) is 4.30. The van der Waals surface area contributed by atoms with Gasteiger partial charge in [0, 0.05) is 17.8 Å². The number of halogens is 2. The van der Waals surface area contributed by atoms with Gasteiger partial charge >= 0.3 is 17.4 Å². The van der Waals surface area contributed by atoms with Gasteiger partial charge in [-0.3, -0.25) is 4.98 Å². The van der Waals surface area contributed by atoms with Crippen LogP contribution in [0.1, 0.15) is 36.4 Å². The predicted molar refractivity (Wildman–Crippen MR) is 89.7 cm³/mol. The Kier molecular flexibility index (Phi) is 10.1. The molecule has 0 aliphatic carbocycles. The van der Waals surface area contributed by atoms with E-state index in [2.05, 4.69) is 67.0 Å². The van der Waals surface area contributed by atoms with Crippen LogP contribution in [0.5, 0.6) is 0 Å². The van der Waals surface area contributed by atoms with Crippen molar-refractivity contribution < 1.29 is 42.2 Å². The normalized spacial score (nSPS) is 12.2. The van der Waals surface area contributed by atoms with Crippen molar-refractivity contribution >= 4 is 10.8 Å². The van der Waals surface area contributed by atoms with E-state index in [-0.39, 0.29) is 42.2 Å². The van der Waals surface area contributed by atoms with E-state index in [1.54, 1.807) is 0 Å². The Labute approximate surface area is 167 Å². The minimum absolute atomic E-state index is 0. The van der Waals surface area contributed by atoms with Gasteiger partial charge in [-0.05, 0) is 18.6 Å². The van der Waals surface area contributed by atoms with Gasteiger partial charge in [0.15, 0.2) is 0 Å². The third-order valence-corrected chi connectivity index (χ3v) is 4.30. The Morgan fingerprint density at radius 2 is 1.83 bits per heavy atom. The molecule has 0 aliphatic heterocycles. The largest absolute Gasteiger partial charge is 3.00 e. The Balaban J connectivity index is 0.00000176. The van der Waals surface area contributed by atoms with Crippen LogP contribution in [0, 0.1) is 0 Å². The Morgan fingerprint density at radius 1 is 1.12 bits per heavy atom. The number of rotatable bonds is 5. The molecular weight excluding hydrogens is 377 g/mol. The fourth-order valence-electron chi connectivity index (χ4n) is 3.14. The van der Waals surface area contributed by atoms with Gasteiger partial charge in [0.2, 0.25) is 0 Å². The van der Waals surface area contributed by atoms with Crippen molar-refractivity contribution in [1.82, 2.24) is 4.98 Å². The van der Waals surface area contributed by atoms with Crippen LogP contribution >= 0.6 is 0 Å². The van der Waals surface area contributed by atoms with Crippen LogP contribution in [0.4, 0.5) is 0 Å². The van der Waals surface area contributed by atoms with Crippen molar-refractivity contribution in [2.45, 2.75) is 25.2 Å². The molecule has 1 radical (unpaired) electrons. The number of fused-ring (bicyclic) bond motifs is 1. The van der Waals surface area contributed by atoms with E-state index in [0.717, 1.165) is 12.1 Å². The minimum Gasteiger partial charge on any atom is -1.00 e. The maximum absolute atomic E-state index is 4.56. The summed E-state index contributed by atoms with van der Waals surface area (Å²) in [5, 5.41) is 2.67. The topological polar surface area (TPSA) is 12.9 Å². The van der Waals surface area contributed by atoms with E-state index in [0.29, 0.717) is 11.8 Å². The zero-order valence-corrected chi connectivity index (χ0v) is 16.3. The van der Waals surface area contributed by atoms with Gasteiger partial charge in [0.25, 0.3) is 0 Å². The number of pyridine rings is 1. The summed E-state index contributed by atoms with van der Waals surface area (Å²) in [7, 11) is 0. The third kappa shape index (κ3) is 4.68. The van der Waals surface area contributed by atoms with E-state index < -0.39 is 0 Å². The van der Waals surface area contributed by atoms with Gasteiger partial charge in [-0.25, -0.2) is 0 Å². The number of allylic oxidation sites excluding steroid dienone is 1. The van der Waals surface area contributed by atoms with Crippen LogP contribution in [0.25, 0.3) is 10.8 Å². The molecule has 0 spiro atoms. The first-order valence-corrected chi connectivity index (χ1v) is 7.47.